The van der Waals surface area contributed by atoms with Gasteiger partial charge < -0.3 is 10.1 Å². The molecule has 0 atom stereocenters. The Bertz CT molecular complexity index is 1210. The zero-order valence-electron chi connectivity index (χ0n) is 16.0. The SMILES string of the molecule is O=C(COC(=O)c1ccc2c(c1)C(=O)N(c1ccccc1Cl)C2=O)Nc1ccccc1. The van der Waals surface area contributed by atoms with Gasteiger partial charge in [0.1, 0.15) is 0 Å². The molecular weight excluding hydrogens is 420 g/mol. The Labute approximate surface area is 182 Å². The summed E-state index contributed by atoms with van der Waals surface area (Å²) in [6.07, 6.45) is 0. The lowest BCUT2D eigenvalue weighted by Gasteiger charge is -2.15. The number of imide groups is 1. The van der Waals surface area contributed by atoms with Crippen LogP contribution < -0.4 is 10.2 Å². The van der Waals surface area contributed by atoms with Crippen molar-refractivity contribution in [1.82, 2.24) is 0 Å². The second kappa shape index (κ2) is 8.41. The molecule has 4 rings (SSSR count). The molecular formula is C23H15ClN2O5. The Morgan fingerprint density at radius 1 is 0.871 bits per heavy atom. The molecule has 0 saturated carbocycles. The highest BCUT2D eigenvalue weighted by atomic mass is 35.5. The van der Waals surface area contributed by atoms with Crippen LogP contribution in [0, 0.1) is 0 Å². The van der Waals surface area contributed by atoms with Crippen molar-refractivity contribution < 1.29 is 23.9 Å². The van der Waals surface area contributed by atoms with Gasteiger partial charge in [0.15, 0.2) is 6.61 Å². The molecule has 3 aromatic rings. The van der Waals surface area contributed by atoms with Crippen LogP contribution >= 0.6 is 11.6 Å². The van der Waals surface area contributed by atoms with Gasteiger partial charge in [-0.3, -0.25) is 14.4 Å². The fraction of sp³-hybridized carbons (Fsp3) is 0.0435. The quantitative estimate of drug-likeness (QED) is 0.485. The number of nitrogens with one attached hydrogen (secondary N) is 1. The Hall–Kier alpha value is -3.97. The summed E-state index contributed by atoms with van der Waals surface area (Å²) in [6.45, 7) is -0.497. The minimum Gasteiger partial charge on any atom is -0.452 e. The minimum atomic E-state index is -0.789. The third-order valence-electron chi connectivity index (χ3n) is 4.61. The van der Waals surface area contributed by atoms with Crippen LogP contribution in [0.4, 0.5) is 11.4 Å². The molecule has 8 heteroatoms. The predicted octanol–water partition coefficient (Wildman–Crippen LogP) is 3.94. The summed E-state index contributed by atoms with van der Waals surface area (Å²) in [6, 6.07) is 19.2. The molecule has 154 valence electrons. The Morgan fingerprint density at radius 3 is 2.29 bits per heavy atom. The lowest BCUT2D eigenvalue weighted by atomic mass is 10.1. The second-order valence-electron chi connectivity index (χ2n) is 6.65. The summed E-state index contributed by atoms with van der Waals surface area (Å²) in [4.78, 5) is 50.8. The van der Waals surface area contributed by atoms with Crippen LogP contribution in [0.15, 0.2) is 72.8 Å². The molecule has 1 aliphatic rings. The molecule has 0 aliphatic carbocycles. The number of nitrogens with zero attached hydrogens (tertiary/aromatic N) is 1. The molecule has 0 saturated heterocycles. The van der Waals surface area contributed by atoms with E-state index in [1.807, 2.05) is 6.07 Å². The van der Waals surface area contributed by atoms with Gasteiger partial charge in [-0.15, -0.1) is 0 Å². The number of ether oxygens (including phenoxy) is 1. The first-order chi connectivity index (χ1) is 15.0. The van der Waals surface area contributed by atoms with E-state index in [9.17, 15) is 19.2 Å². The van der Waals surface area contributed by atoms with Crippen molar-refractivity contribution >= 4 is 46.7 Å². The molecule has 1 aliphatic heterocycles. The average Bonchev–Trinajstić information content (AvgIpc) is 3.03. The van der Waals surface area contributed by atoms with Gasteiger partial charge in [0.2, 0.25) is 0 Å². The summed E-state index contributed by atoms with van der Waals surface area (Å²) < 4.78 is 5.03. The van der Waals surface area contributed by atoms with Crippen molar-refractivity contribution in [2.24, 2.45) is 0 Å². The smallest absolute Gasteiger partial charge is 0.338 e. The number of carbonyl (C=O) groups excluding carboxylic acids is 4. The lowest BCUT2D eigenvalue weighted by molar-refractivity contribution is -0.119. The van der Waals surface area contributed by atoms with E-state index in [2.05, 4.69) is 5.32 Å². The molecule has 0 unspecified atom stereocenters. The molecule has 31 heavy (non-hydrogen) atoms. The highest BCUT2D eigenvalue weighted by Gasteiger charge is 2.38. The highest BCUT2D eigenvalue weighted by molar-refractivity contribution is 6.39. The van der Waals surface area contributed by atoms with E-state index in [0.29, 0.717) is 5.69 Å². The first-order valence-corrected chi connectivity index (χ1v) is 9.63. The standard InChI is InChI=1S/C23H15ClN2O5/c24-18-8-4-5-9-19(18)26-21(28)16-11-10-14(12-17(16)22(26)29)23(30)31-13-20(27)25-15-6-2-1-3-7-15/h1-12H,13H2,(H,25,27). The van der Waals surface area contributed by atoms with E-state index in [4.69, 9.17) is 16.3 Å². The normalized spacial score (nSPS) is 12.5. The molecule has 0 aromatic heterocycles. The largest absolute Gasteiger partial charge is 0.452 e. The molecule has 1 heterocycles. The van der Waals surface area contributed by atoms with Gasteiger partial charge in [-0.05, 0) is 42.5 Å². The number of benzene rings is 3. The van der Waals surface area contributed by atoms with Crippen LogP contribution in [0.3, 0.4) is 0 Å². The van der Waals surface area contributed by atoms with E-state index >= 15 is 0 Å². The predicted molar refractivity (Wildman–Crippen MR) is 114 cm³/mol. The number of hydrogen-bond acceptors (Lipinski definition) is 5. The molecule has 0 radical (unpaired) electrons. The summed E-state index contributed by atoms with van der Waals surface area (Å²) in [5, 5.41) is 2.85. The van der Waals surface area contributed by atoms with Crippen LogP contribution in [-0.4, -0.2) is 30.3 Å². The van der Waals surface area contributed by atoms with Crippen molar-refractivity contribution in [2.45, 2.75) is 0 Å². The van der Waals surface area contributed by atoms with Crippen LogP contribution in [0.2, 0.25) is 5.02 Å². The average molecular weight is 435 g/mol. The maximum atomic E-state index is 12.8. The third-order valence-corrected chi connectivity index (χ3v) is 4.93. The fourth-order valence-electron chi connectivity index (χ4n) is 3.15. The Balaban J connectivity index is 1.47. The summed E-state index contributed by atoms with van der Waals surface area (Å²) in [5.74, 6) is -2.42. The fourth-order valence-corrected chi connectivity index (χ4v) is 3.37. The first-order valence-electron chi connectivity index (χ1n) is 9.25. The van der Waals surface area contributed by atoms with Crippen LogP contribution in [-0.2, 0) is 9.53 Å². The number of amides is 3. The summed E-state index contributed by atoms with van der Waals surface area (Å²) in [5.41, 5.74) is 1.10. The number of halogens is 1. The van der Waals surface area contributed by atoms with Crippen molar-refractivity contribution in [3.63, 3.8) is 0 Å². The van der Waals surface area contributed by atoms with Gasteiger partial charge in [0.05, 0.1) is 27.4 Å². The topological polar surface area (TPSA) is 92.8 Å². The van der Waals surface area contributed by atoms with E-state index in [-0.39, 0.29) is 27.4 Å². The molecule has 7 nitrogen and oxygen atoms in total. The minimum absolute atomic E-state index is 0.0495. The van der Waals surface area contributed by atoms with Gasteiger partial charge in [-0.25, -0.2) is 9.69 Å². The molecule has 1 N–H and O–H groups in total. The zero-order chi connectivity index (χ0) is 22.0. The third kappa shape index (κ3) is 4.04. The van der Waals surface area contributed by atoms with E-state index in [1.165, 1.54) is 18.2 Å². The summed E-state index contributed by atoms with van der Waals surface area (Å²) in [7, 11) is 0. The molecule has 3 aromatic carbocycles. The van der Waals surface area contributed by atoms with E-state index in [1.54, 1.807) is 48.5 Å². The Morgan fingerprint density at radius 2 is 1.55 bits per heavy atom. The summed E-state index contributed by atoms with van der Waals surface area (Å²) >= 11 is 6.13. The van der Waals surface area contributed by atoms with Gasteiger partial charge in [0, 0.05) is 5.69 Å². The van der Waals surface area contributed by atoms with Gasteiger partial charge in [-0.1, -0.05) is 41.9 Å². The Kier molecular flexibility index (Phi) is 5.51. The van der Waals surface area contributed by atoms with Gasteiger partial charge >= 0.3 is 5.97 Å². The lowest BCUT2D eigenvalue weighted by Crippen LogP contribution is -2.29. The number of para-hydroxylation sites is 2. The van der Waals surface area contributed by atoms with Crippen LogP contribution in [0.1, 0.15) is 31.1 Å². The number of rotatable bonds is 5. The van der Waals surface area contributed by atoms with Crippen molar-refractivity contribution in [3.8, 4) is 0 Å². The van der Waals surface area contributed by atoms with Crippen LogP contribution in [0.25, 0.3) is 0 Å². The van der Waals surface area contributed by atoms with E-state index < -0.39 is 30.3 Å². The maximum Gasteiger partial charge on any atom is 0.338 e. The van der Waals surface area contributed by atoms with Gasteiger partial charge in [-0.2, -0.15) is 0 Å². The van der Waals surface area contributed by atoms with Crippen molar-refractivity contribution in [2.75, 3.05) is 16.8 Å². The van der Waals surface area contributed by atoms with Gasteiger partial charge in [0.25, 0.3) is 17.7 Å². The number of carbonyl (C=O) groups is 4. The molecule has 0 spiro atoms. The maximum absolute atomic E-state index is 12.8. The monoisotopic (exact) mass is 434 g/mol. The molecule has 0 fully saturated rings. The number of fused-ring (bicyclic) bond motifs is 1. The van der Waals surface area contributed by atoms with Crippen LogP contribution in [0.5, 0.6) is 0 Å². The number of esters is 1. The first kappa shape index (κ1) is 20.3. The zero-order valence-corrected chi connectivity index (χ0v) is 16.8. The second-order valence-corrected chi connectivity index (χ2v) is 7.06. The van der Waals surface area contributed by atoms with Crippen molar-refractivity contribution in [1.29, 1.82) is 0 Å². The molecule has 3 amide bonds. The van der Waals surface area contributed by atoms with Crippen molar-refractivity contribution in [3.05, 3.63) is 94.5 Å². The van der Waals surface area contributed by atoms with E-state index in [0.717, 1.165) is 4.90 Å². The number of hydrogen-bond donors (Lipinski definition) is 1. The highest BCUT2D eigenvalue weighted by Crippen LogP contribution is 2.33. The molecule has 0 bridgehead atoms. The number of anilines is 2.